The predicted molar refractivity (Wildman–Crippen MR) is 77.5 cm³/mol. The highest BCUT2D eigenvalue weighted by atomic mass is 32.2. The van der Waals surface area contributed by atoms with Gasteiger partial charge in [0.1, 0.15) is 33.3 Å². The van der Waals surface area contributed by atoms with Gasteiger partial charge >= 0.3 is 0 Å². The molecule has 104 valence electrons. The Morgan fingerprint density at radius 2 is 2.11 bits per heavy atom. The van der Waals surface area contributed by atoms with Gasteiger partial charge in [0.2, 0.25) is 0 Å². The molecular weight excluding hydrogens is 262 g/mol. The highest BCUT2D eigenvalue weighted by molar-refractivity contribution is 7.91. The molecule has 19 heavy (non-hydrogen) atoms. The zero-order chi connectivity index (χ0) is 14.0. The lowest BCUT2D eigenvalue weighted by molar-refractivity contribution is 0.317. The van der Waals surface area contributed by atoms with Crippen molar-refractivity contribution in [3.8, 4) is 11.5 Å². The maximum absolute atomic E-state index is 12.1. The number of rotatable bonds is 2. The van der Waals surface area contributed by atoms with Crippen LogP contribution in [-0.2, 0) is 11.4 Å². The molecule has 5 heteroatoms. The fourth-order valence-electron chi connectivity index (χ4n) is 1.71. The number of hydrogen-bond donors (Lipinski definition) is 0. The fraction of sp³-hybridized carbons (Fsp3) is 0.500. The van der Waals surface area contributed by atoms with Gasteiger partial charge < -0.3 is 14.0 Å². The van der Waals surface area contributed by atoms with Gasteiger partial charge in [-0.05, 0) is 32.9 Å². The van der Waals surface area contributed by atoms with Gasteiger partial charge in [0.05, 0.1) is 13.7 Å². The molecule has 0 spiro atoms. The maximum Gasteiger partial charge on any atom is 0.144 e. The van der Waals surface area contributed by atoms with Crippen molar-refractivity contribution in [3.05, 3.63) is 23.8 Å². The molecular formula is C14H19NO3S. The molecule has 0 saturated carbocycles. The van der Waals surface area contributed by atoms with Gasteiger partial charge in [-0.25, -0.2) is 0 Å². The number of hydrogen-bond acceptors (Lipinski definition) is 4. The second-order valence-corrected chi connectivity index (χ2v) is 7.27. The van der Waals surface area contributed by atoms with E-state index in [2.05, 4.69) is 4.40 Å². The standard InChI is InChI=1S/C14H19NO3S/c1-14(2,3)19(16)15-12-7-8-18-13-9-10(17-4)5-6-11(12)13/h5-6,9H,7-8H2,1-4H3. The Balaban J connectivity index is 2.35. The van der Waals surface area contributed by atoms with E-state index in [0.717, 1.165) is 22.8 Å². The van der Waals surface area contributed by atoms with E-state index in [1.165, 1.54) is 0 Å². The summed E-state index contributed by atoms with van der Waals surface area (Å²) in [6, 6.07) is 5.61. The van der Waals surface area contributed by atoms with E-state index in [4.69, 9.17) is 9.47 Å². The first-order chi connectivity index (χ1) is 8.91. The van der Waals surface area contributed by atoms with Crippen LogP contribution in [0.2, 0.25) is 0 Å². The Hall–Kier alpha value is -1.20. The Bertz CT molecular complexity index is 494. The molecule has 0 N–H and O–H groups in total. The van der Waals surface area contributed by atoms with Gasteiger partial charge in [0.15, 0.2) is 0 Å². The molecule has 0 saturated heterocycles. The van der Waals surface area contributed by atoms with E-state index in [9.17, 15) is 4.55 Å². The van der Waals surface area contributed by atoms with Crippen LogP contribution >= 0.6 is 0 Å². The first-order valence-corrected chi connectivity index (χ1v) is 7.33. The van der Waals surface area contributed by atoms with Crippen molar-refractivity contribution < 1.29 is 14.0 Å². The van der Waals surface area contributed by atoms with Crippen molar-refractivity contribution in [2.24, 2.45) is 4.40 Å². The average Bonchev–Trinajstić information content (AvgIpc) is 2.37. The van der Waals surface area contributed by atoms with E-state index in [1.807, 2.05) is 39.0 Å². The van der Waals surface area contributed by atoms with Crippen LogP contribution in [0.5, 0.6) is 11.5 Å². The molecule has 1 aliphatic heterocycles. The van der Waals surface area contributed by atoms with E-state index in [0.29, 0.717) is 13.0 Å². The van der Waals surface area contributed by atoms with Crippen LogP contribution in [-0.4, -0.2) is 28.7 Å². The molecule has 1 unspecified atom stereocenters. The van der Waals surface area contributed by atoms with Crippen molar-refractivity contribution >= 4 is 17.1 Å². The lowest BCUT2D eigenvalue weighted by Crippen LogP contribution is -2.28. The molecule has 1 heterocycles. The van der Waals surface area contributed by atoms with Crippen LogP contribution in [0.25, 0.3) is 0 Å². The van der Waals surface area contributed by atoms with Crippen molar-refractivity contribution in [1.29, 1.82) is 0 Å². The van der Waals surface area contributed by atoms with Crippen LogP contribution < -0.4 is 9.47 Å². The summed E-state index contributed by atoms with van der Waals surface area (Å²) in [5.74, 6) is 1.49. The quantitative estimate of drug-likeness (QED) is 0.783. The lowest BCUT2D eigenvalue weighted by atomic mass is 10.0. The molecule has 0 radical (unpaired) electrons. The third-order valence-corrected chi connectivity index (χ3v) is 4.25. The molecule has 4 nitrogen and oxygen atoms in total. The van der Waals surface area contributed by atoms with E-state index in [-0.39, 0.29) is 4.75 Å². The third kappa shape index (κ3) is 3.22. The summed E-state index contributed by atoms with van der Waals surface area (Å²) < 4.78 is 26.9. The van der Waals surface area contributed by atoms with Crippen molar-refractivity contribution in [2.75, 3.05) is 13.7 Å². The largest absolute Gasteiger partial charge is 0.591 e. The van der Waals surface area contributed by atoms with Crippen LogP contribution in [0.15, 0.2) is 22.6 Å². The van der Waals surface area contributed by atoms with Crippen LogP contribution in [0, 0.1) is 0 Å². The Labute approximate surface area is 117 Å². The molecule has 0 aliphatic carbocycles. The Kier molecular flexibility index (Phi) is 4.06. The summed E-state index contributed by atoms with van der Waals surface area (Å²) in [5, 5.41) is 0. The zero-order valence-electron chi connectivity index (χ0n) is 11.7. The fourth-order valence-corrected chi connectivity index (χ4v) is 2.38. The van der Waals surface area contributed by atoms with Gasteiger partial charge in [-0.1, -0.05) is 4.40 Å². The van der Waals surface area contributed by atoms with Gasteiger partial charge in [-0.2, -0.15) is 0 Å². The van der Waals surface area contributed by atoms with Gasteiger partial charge in [-0.3, -0.25) is 0 Å². The summed E-state index contributed by atoms with van der Waals surface area (Å²) in [6.07, 6.45) is 0.682. The van der Waals surface area contributed by atoms with Crippen LogP contribution in [0.3, 0.4) is 0 Å². The van der Waals surface area contributed by atoms with Gasteiger partial charge in [0, 0.05) is 18.1 Å². The van der Waals surface area contributed by atoms with Crippen molar-refractivity contribution in [2.45, 2.75) is 31.9 Å². The summed E-state index contributed by atoms with van der Waals surface area (Å²) in [5.41, 5.74) is 1.75. The number of benzene rings is 1. The molecule has 0 fully saturated rings. The molecule has 0 aromatic heterocycles. The molecule has 1 atom stereocenters. The van der Waals surface area contributed by atoms with Gasteiger partial charge in [-0.15, -0.1) is 0 Å². The Morgan fingerprint density at radius 1 is 1.37 bits per heavy atom. The SMILES string of the molecule is COc1ccc2c(c1)OCCC2=N[S+]([O-])C(C)(C)C. The maximum atomic E-state index is 12.1. The predicted octanol–water partition coefficient (Wildman–Crippen LogP) is 2.73. The lowest BCUT2D eigenvalue weighted by Gasteiger charge is -2.22. The first kappa shape index (κ1) is 14.2. The summed E-state index contributed by atoms with van der Waals surface area (Å²) in [7, 11) is 1.62. The molecule has 2 rings (SSSR count). The van der Waals surface area contributed by atoms with E-state index in [1.54, 1.807) is 7.11 Å². The second-order valence-electron chi connectivity index (χ2n) is 5.36. The second kappa shape index (κ2) is 5.43. The zero-order valence-corrected chi connectivity index (χ0v) is 12.5. The van der Waals surface area contributed by atoms with Crippen molar-refractivity contribution in [3.63, 3.8) is 0 Å². The molecule has 0 amide bonds. The molecule has 1 aromatic carbocycles. The van der Waals surface area contributed by atoms with E-state index < -0.39 is 11.4 Å². The van der Waals surface area contributed by atoms with Crippen LogP contribution in [0.4, 0.5) is 0 Å². The summed E-state index contributed by atoms with van der Waals surface area (Å²) in [4.78, 5) is 0. The topological polar surface area (TPSA) is 53.9 Å². The minimum Gasteiger partial charge on any atom is -0.591 e. The highest BCUT2D eigenvalue weighted by Crippen LogP contribution is 2.30. The van der Waals surface area contributed by atoms with E-state index >= 15 is 0 Å². The van der Waals surface area contributed by atoms with Crippen molar-refractivity contribution in [1.82, 2.24) is 0 Å². The minimum absolute atomic E-state index is 0.349. The molecule has 1 aliphatic rings. The Morgan fingerprint density at radius 3 is 2.74 bits per heavy atom. The first-order valence-electron chi connectivity index (χ1n) is 6.22. The molecule has 0 bridgehead atoms. The minimum atomic E-state index is -1.25. The number of methoxy groups -OCH3 is 1. The van der Waals surface area contributed by atoms with Crippen LogP contribution in [0.1, 0.15) is 32.8 Å². The number of fused-ring (bicyclic) bond motifs is 1. The molecule has 1 aromatic rings. The summed E-state index contributed by atoms with van der Waals surface area (Å²) >= 11 is -1.25. The third-order valence-electron chi connectivity index (χ3n) is 2.81. The van der Waals surface area contributed by atoms with Gasteiger partial charge in [0.25, 0.3) is 0 Å². The number of nitrogens with zero attached hydrogens (tertiary/aromatic N) is 1. The average molecular weight is 281 g/mol. The number of ether oxygens (including phenoxy) is 2. The highest BCUT2D eigenvalue weighted by Gasteiger charge is 2.29. The normalized spacial score (nSPS) is 18.7. The summed E-state index contributed by atoms with van der Waals surface area (Å²) in [6.45, 7) is 6.31. The monoisotopic (exact) mass is 281 g/mol. The smallest absolute Gasteiger partial charge is 0.144 e.